The van der Waals surface area contributed by atoms with Crippen molar-refractivity contribution in [2.45, 2.75) is 0 Å². The van der Waals surface area contributed by atoms with Crippen molar-refractivity contribution in [2.24, 2.45) is 0 Å². The second kappa shape index (κ2) is 12.5. The third kappa shape index (κ3) is 4.96. The van der Waals surface area contributed by atoms with Gasteiger partial charge in [-0.15, -0.1) is 0 Å². The van der Waals surface area contributed by atoms with Gasteiger partial charge in [0.25, 0.3) is 0 Å². The van der Waals surface area contributed by atoms with Crippen LogP contribution in [-0.4, -0.2) is 14.1 Å². The van der Waals surface area contributed by atoms with Crippen LogP contribution in [0.2, 0.25) is 0 Å². The van der Waals surface area contributed by atoms with Gasteiger partial charge < -0.3 is 9.13 Å². The normalized spacial score (nSPS) is 11.3. The molecule has 10 rings (SSSR count). The van der Waals surface area contributed by atoms with Crippen molar-refractivity contribution in [1.82, 2.24) is 14.1 Å². The number of nitrogens with zero attached hydrogens (tertiary/aromatic N) is 5. The highest BCUT2D eigenvalue weighted by atomic mass is 15.0. The van der Waals surface area contributed by atoms with Gasteiger partial charge in [0.1, 0.15) is 0 Å². The Kier molecular flexibility index (Phi) is 7.18. The zero-order valence-electron chi connectivity index (χ0n) is 29.0. The summed E-state index contributed by atoms with van der Waals surface area (Å²) in [6.45, 7) is 0. The van der Waals surface area contributed by atoms with Crippen LogP contribution in [0.4, 0.5) is 0 Å². The van der Waals surface area contributed by atoms with Crippen LogP contribution in [0, 0.1) is 22.7 Å². The second-order valence-corrected chi connectivity index (χ2v) is 13.5. The van der Waals surface area contributed by atoms with E-state index in [0.29, 0.717) is 11.1 Å². The first-order valence-electron chi connectivity index (χ1n) is 17.8. The Morgan fingerprint density at radius 1 is 0.389 bits per heavy atom. The first-order valence-corrected chi connectivity index (χ1v) is 17.8. The molecular weight excluding hydrogens is 659 g/mol. The monoisotopic (exact) mass is 687 g/mol. The molecule has 0 saturated heterocycles. The van der Waals surface area contributed by atoms with E-state index in [1.807, 2.05) is 72.8 Å². The SMILES string of the molecule is N#Cc1ccc2c(c1)c1ccccc1n2-c1cc(-c2ccc3c(c2)c2ccccc2n3-c2ccccc2)cc(-c2cccc(-c3ccccc3C#N)n2)c1. The molecule has 0 bridgehead atoms. The first-order chi connectivity index (χ1) is 26.7. The van der Waals surface area contributed by atoms with Gasteiger partial charge in [-0.05, 0) is 102 Å². The summed E-state index contributed by atoms with van der Waals surface area (Å²) < 4.78 is 4.62. The zero-order valence-corrected chi connectivity index (χ0v) is 29.0. The highest BCUT2D eigenvalue weighted by Crippen LogP contribution is 2.39. The second-order valence-electron chi connectivity index (χ2n) is 13.5. The summed E-state index contributed by atoms with van der Waals surface area (Å²) in [4.78, 5) is 5.15. The van der Waals surface area contributed by atoms with Crippen molar-refractivity contribution in [3.05, 3.63) is 187 Å². The molecule has 0 spiro atoms. The summed E-state index contributed by atoms with van der Waals surface area (Å²) in [6.07, 6.45) is 0. The van der Waals surface area contributed by atoms with Crippen LogP contribution in [-0.2, 0) is 0 Å². The predicted octanol–water partition coefficient (Wildman–Crippen LogP) is 12.0. The van der Waals surface area contributed by atoms with Crippen LogP contribution in [0.5, 0.6) is 0 Å². The number of hydrogen-bond acceptors (Lipinski definition) is 3. The molecule has 5 heteroatoms. The van der Waals surface area contributed by atoms with E-state index >= 15 is 0 Å². The summed E-state index contributed by atoms with van der Waals surface area (Å²) in [5, 5.41) is 24.1. The fourth-order valence-corrected chi connectivity index (χ4v) is 7.93. The fraction of sp³-hybridized carbons (Fsp3) is 0. The van der Waals surface area contributed by atoms with Crippen molar-refractivity contribution in [1.29, 1.82) is 10.5 Å². The molecule has 0 saturated carbocycles. The van der Waals surface area contributed by atoms with Crippen molar-refractivity contribution in [3.63, 3.8) is 0 Å². The van der Waals surface area contributed by atoms with E-state index in [-0.39, 0.29) is 0 Å². The molecule has 3 aromatic heterocycles. The van der Waals surface area contributed by atoms with Crippen molar-refractivity contribution in [3.8, 4) is 57.2 Å². The van der Waals surface area contributed by atoms with Crippen LogP contribution in [0.15, 0.2) is 176 Å². The maximum Gasteiger partial charge on any atom is 0.0998 e. The van der Waals surface area contributed by atoms with Crippen molar-refractivity contribution < 1.29 is 0 Å². The van der Waals surface area contributed by atoms with Crippen LogP contribution in [0.25, 0.3) is 88.6 Å². The van der Waals surface area contributed by atoms with Gasteiger partial charge in [-0.1, -0.05) is 84.9 Å². The molecule has 3 heterocycles. The summed E-state index contributed by atoms with van der Waals surface area (Å²) in [7, 11) is 0. The molecule has 0 aliphatic rings. The lowest BCUT2D eigenvalue weighted by Crippen LogP contribution is -1.97. The Labute approximate surface area is 311 Å². The average molecular weight is 688 g/mol. The van der Waals surface area contributed by atoms with Gasteiger partial charge in [-0.2, -0.15) is 10.5 Å². The number of rotatable bonds is 5. The van der Waals surface area contributed by atoms with Gasteiger partial charge in [0.05, 0.1) is 56.7 Å². The minimum atomic E-state index is 0.585. The number of benzene rings is 7. The lowest BCUT2D eigenvalue weighted by molar-refractivity contribution is 1.18. The summed E-state index contributed by atoms with van der Waals surface area (Å²) in [5.41, 5.74) is 13.1. The third-order valence-electron chi connectivity index (χ3n) is 10.4. The predicted molar refractivity (Wildman–Crippen MR) is 219 cm³/mol. The number of hydrogen-bond donors (Lipinski definition) is 0. The van der Waals surface area contributed by atoms with Crippen LogP contribution in [0.1, 0.15) is 11.1 Å². The maximum atomic E-state index is 9.88. The van der Waals surface area contributed by atoms with E-state index in [1.165, 1.54) is 10.8 Å². The van der Waals surface area contributed by atoms with Gasteiger partial charge in [-0.3, -0.25) is 0 Å². The van der Waals surface area contributed by atoms with E-state index in [4.69, 9.17) is 4.98 Å². The average Bonchev–Trinajstić information content (AvgIpc) is 3.76. The minimum absolute atomic E-state index is 0.585. The molecule has 0 atom stereocenters. The number of pyridine rings is 1. The topological polar surface area (TPSA) is 70.3 Å². The van der Waals surface area contributed by atoms with E-state index < -0.39 is 0 Å². The lowest BCUT2D eigenvalue weighted by atomic mass is 9.98. The van der Waals surface area contributed by atoms with Gasteiger partial charge in [0.15, 0.2) is 0 Å². The summed E-state index contributed by atoms with van der Waals surface area (Å²) in [5.74, 6) is 0. The smallest absolute Gasteiger partial charge is 0.0998 e. The Morgan fingerprint density at radius 3 is 1.76 bits per heavy atom. The maximum absolute atomic E-state index is 9.88. The summed E-state index contributed by atoms with van der Waals surface area (Å²) in [6, 6.07) is 65.0. The molecule has 7 aromatic carbocycles. The Hall–Kier alpha value is -7.73. The quantitative estimate of drug-likeness (QED) is 0.181. The number of nitriles is 2. The molecule has 250 valence electrons. The highest BCUT2D eigenvalue weighted by Gasteiger charge is 2.18. The molecular formula is C49H29N5. The largest absolute Gasteiger partial charge is 0.309 e. The van der Waals surface area contributed by atoms with E-state index in [1.54, 1.807) is 0 Å². The molecule has 0 radical (unpaired) electrons. The molecule has 0 aliphatic carbocycles. The van der Waals surface area contributed by atoms with Crippen LogP contribution < -0.4 is 0 Å². The Balaban J connectivity index is 1.24. The standard InChI is InChI=1S/C49H29N5/c50-30-32-21-23-48-42(25-32)40-15-6-9-20-47(40)54(48)38-27-35(26-36(28-38)44-17-10-18-45(52-44)39-14-5-4-11-34(39)31-51)33-22-24-49-43(29-33)41-16-7-8-19-46(41)53(49)37-12-2-1-3-13-37/h1-29H. The number of fused-ring (bicyclic) bond motifs is 6. The van der Waals surface area contributed by atoms with Crippen LogP contribution >= 0.6 is 0 Å². The van der Waals surface area contributed by atoms with Gasteiger partial charge in [0.2, 0.25) is 0 Å². The molecule has 54 heavy (non-hydrogen) atoms. The van der Waals surface area contributed by atoms with Gasteiger partial charge in [0, 0.05) is 44.0 Å². The number of para-hydroxylation sites is 3. The van der Waals surface area contributed by atoms with E-state index in [2.05, 4.69) is 124 Å². The zero-order chi connectivity index (χ0) is 36.2. The minimum Gasteiger partial charge on any atom is -0.309 e. The molecule has 0 aliphatic heterocycles. The molecule has 0 fully saturated rings. The third-order valence-corrected chi connectivity index (χ3v) is 10.4. The summed E-state index contributed by atoms with van der Waals surface area (Å²) >= 11 is 0. The molecule has 10 aromatic rings. The lowest BCUT2D eigenvalue weighted by Gasteiger charge is -2.15. The van der Waals surface area contributed by atoms with E-state index in [9.17, 15) is 10.5 Å². The first kappa shape index (κ1) is 31.0. The van der Waals surface area contributed by atoms with Crippen molar-refractivity contribution >= 4 is 43.6 Å². The van der Waals surface area contributed by atoms with Crippen LogP contribution in [0.3, 0.4) is 0 Å². The number of aromatic nitrogens is 3. The van der Waals surface area contributed by atoms with Gasteiger partial charge >= 0.3 is 0 Å². The molecule has 0 amide bonds. The van der Waals surface area contributed by atoms with Crippen molar-refractivity contribution in [2.75, 3.05) is 0 Å². The Morgan fingerprint density at radius 2 is 1.00 bits per heavy atom. The molecule has 0 N–H and O–H groups in total. The fourth-order valence-electron chi connectivity index (χ4n) is 7.93. The molecule has 5 nitrogen and oxygen atoms in total. The Bertz CT molecular complexity index is 3190. The van der Waals surface area contributed by atoms with Gasteiger partial charge in [-0.25, -0.2) is 4.98 Å². The molecule has 0 unspecified atom stereocenters. The highest BCUT2D eigenvalue weighted by molar-refractivity contribution is 6.11. The van der Waals surface area contributed by atoms with E-state index in [0.717, 1.165) is 77.9 Å².